The maximum absolute atomic E-state index is 13.9. The first-order valence-corrected chi connectivity index (χ1v) is 7.18. The minimum absolute atomic E-state index is 0.0344. The number of primary amides is 1. The molecule has 5 nitrogen and oxygen atoms in total. The highest BCUT2D eigenvalue weighted by Crippen LogP contribution is 2.28. The van der Waals surface area contributed by atoms with E-state index in [1.165, 1.54) is 5.41 Å². The van der Waals surface area contributed by atoms with Crippen molar-refractivity contribution in [1.82, 2.24) is 4.90 Å². The summed E-state index contributed by atoms with van der Waals surface area (Å²) in [5, 5.41) is 1.20. The van der Waals surface area contributed by atoms with Crippen LogP contribution in [0.2, 0.25) is 0 Å². The molecule has 2 heterocycles. The van der Waals surface area contributed by atoms with Crippen molar-refractivity contribution in [3.8, 4) is 0 Å². The van der Waals surface area contributed by atoms with E-state index in [1.807, 2.05) is 4.90 Å². The third kappa shape index (κ3) is 2.50. The number of nitrogens with two attached hydrogens (primary N) is 1. The fourth-order valence-electron chi connectivity index (χ4n) is 2.24. The Morgan fingerprint density at radius 3 is 2.41 bits per heavy atom. The smallest absolute Gasteiger partial charge is 0.255 e. The molecule has 0 aromatic heterocycles. The van der Waals surface area contributed by atoms with Crippen molar-refractivity contribution in [1.29, 1.82) is 0 Å². The fourth-order valence-corrected chi connectivity index (χ4v) is 3.57. The number of nitrogens with zero attached hydrogens (tertiary/aromatic N) is 1. The van der Waals surface area contributed by atoms with Crippen LogP contribution >= 0.6 is 0 Å². The van der Waals surface area contributed by atoms with E-state index in [4.69, 9.17) is 5.73 Å². The third-order valence-corrected chi connectivity index (χ3v) is 4.79. The molecule has 0 unspecified atom stereocenters. The molecule has 2 aliphatic rings. The van der Waals surface area contributed by atoms with Crippen LogP contribution in [0.4, 0.5) is 4.39 Å². The van der Waals surface area contributed by atoms with Crippen LogP contribution in [0.25, 0.3) is 0 Å². The SMILES string of the molecule is NC(=O)C1(F)CCN([C@@H]2C=CS(=O)(=O)C2)CC1. The molecular formula is C10H15FN2O3S. The first-order chi connectivity index (χ1) is 7.82. The van der Waals surface area contributed by atoms with Crippen molar-refractivity contribution >= 4 is 15.7 Å². The molecular weight excluding hydrogens is 247 g/mol. The predicted octanol–water partition coefficient (Wildman–Crippen LogP) is -0.414. The average molecular weight is 262 g/mol. The molecule has 0 aromatic rings. The van der Waals surface area contributed by atoms with Crippen LogP contribution in [0.15, 0.2) is 11.5 Å². The number of hydrogen-bond donors (Lipinski definition) is 1. The van der Waals surface area contributed by atoms with Crippen LogP contribution in [0.1, 0.15) is 12.8 Å². The Labute approximate surface area is 99.4 Å². The summed E-state index contributed by atoms with van der Waals surface area (Å²) in [7, 11) is -3.10. The van der Waals surface area contributed by atoms with Crippen LogP contribution < -0.4 is 5.73 Å². The first kappa shape index (κ1) is 12.5. The topological polar surface area (TPSA) is 80.5 Å². The normalized spacial score (nSPS) is 31.5. The standard InChI is InChI=1S/C10H15FN2O3S/c11-10(9(12)14)2-4-13(5-3-10)8-1-6-17(15,16)7-8/h1,6,8H,2-5,7H2,(H2,12,14)/t8-/m1/s1. The van der Waals surface area contributed by atoms with Crippen LogP contribution in [-0.2, 0) is 14.6 Å². The number of amides is 1. The number of piperidine rings is 1. The van der Waals surface area contributed by atoms with Gasteiger partial charge in [-0.15, -0.1) is 0 Å². The van der Waals surface area contributed by atoms with Gasteiger partial charge in [-0.25, -0.2) is 12.8 Å². The Hall–Kier alpha value is -0.950. The van der Waals surface area contributed by atoms with E-state index < -0.39 is 21.4 Å². The van der Waals surface area contributed by atoms with Gasteiger partial charge in [-0.05, 0) is 0 Å². The molecule has 0 bridgehead atoms. The molecule has 0 spiro atoms. The summed E-state index contributed by atoms with van der Waals surface area (Å²) in [4.78, 5) is 12.8. The second kappa shape index (κ2) is 4.06. The number of sulfone groups is 1. The van der Waals surface area contributed by atoms with Gasteiger partial charge in [0.05, 0.1) is 5.75 Å². The second-order valence-electron chi connectivity index (χ2n) is 4.59. The molecule has 1 fully saturated rings. The second-order valence-corrected chi connectivity index (χ2v) is 6.52. The monoisotopic (exact) mass is 262 g/mol. The van der Waals surface area contributed by atoms with E-state index in [-0.39, 0.29) is 24.6 Å². The largest absolute Gasteiger partial charge is 0.367 e. The zero-order valence-corrected chi connectivity index (χ0v) is 10.1. The number of halogens is 1. The summed E-state index contributed by atoms with van der Waals surface area (Å²) in [6.45, 7) is 0.702. The van der Waals surface area contributed by atoms with Gasteiger partial charge in [0.2, 0.25) is 0 Å². The molecule has 0 aromatic carbocycles. The van der Waals surface area contributed by atoms with Gasteiger partial charge in [-0.1, -0.05) is 6.08 Å². The van der Waals surface area contributed by atoms with Crippen molar-refractivity contribution in [3.63, 3.8) is 0 Å². The van der Waals surface area contributed by atoms with Crippen molar-refractivity contribution in [2.75, 3.05) is 18.8 Å². The van der Waals surface area contributed by atoms with E-state index in [1.54, 1.807) is 6.08 Å². The van der Waals surface area contributed by atoms with E-state index in [2.05, 4.69) is 0 Å². The van der Waals surface area contributed by atoms with Gasteiger partial charge in [0.25, 0.3) is 5.91 Å². The van der Waals surface area contributed by atoms with Crippen molar-refractivity contribution in [2.45, 2.75) is 24.6 Å². The van der Waals surface area contributed by atoms with Gasteiger partial charge in [0, 0.05) is 37.4 Å². The maximum atomic E-state index is 13.9. The molecule has 2 rings (SSSR count). The molecule has 1 saturated heterocycles. The van der Waals surface area contributed by atoms with E-state index in [0.717, 1.165) is 0 Å². The Morgan fingerprint density at radius 2 is 2.00 bits per heavy atom. The highest BCUT2D eigenvalue weighted by atomic mass is 32.2. The molecule has 2 aliphatic heterocycles. The summed E-state index contributed by atoms with van der Waals surface area (Å²) in [5.74, 6) is -0.880. The highest BCUT2D eigenvalue weighted by Gasteiger charge is 2.42. The molecule has 2 N–H and O–H groups in total. The minimum atomic E-state index is -3.10. The molecule has 0 saturated carbocycles. The molecule has 17 heavy (non-hydrogen) atoms. The van der Waals surface area contributed by atoms with Crippen molar-refractivity contribution in [3.05, 3.63) is 11.5 Å². The first-order valence-electron chi connectivity index (χ1n) is 5.46. The van der Waals surface area contributed by atoms with Crippen molar-refractivity contribution < 1.29 is 17.6 Å². The van der Waals surface area contributed by atoms with E-state index in [0.29, 0.717) is 13.1 Å². The molecule has 0 aliphatic carbocycles. The van der Waals surface area contributed by atoms with Gasteiger partial charge in [0.1, 0.15) is 0 Å². The van der Waals surface area contributed by atoms with Crippen molar-refractivity contribution in [2.24, 2.45) is 5.73 Å². The zero-order chi connectivity index (χ0) is 12.7. The minimum Gasteiger partial charge on any atom is -0.367 e. The summed E-state index contributed by atoms with van der Waals surface area (Å²) in [5.41, 5.74) is 3.07. The van der Waals surface area contributed by atoms with Crippen LogP contribution in [0, 0.1) is 0 Å². The van der Waals surface area contributed by atoms with Gasteiger partial charge in [-0.2, -0.15) is 0 Å². The summed E-state index contributed by atoms with van der Waals surface area (Å²) < 4.78 is 36.4. The molecule has 7 heteroatoms. The van der Waals surface area contributed by atoms with Crippen LogP contribution in [-0.4, -0.2) is 49.8 Å². The number of carbonyl (C=O) groups is 1. The Balaban J connectivity index is 1.97. The highest BCUT2D eigenvalue weighted by molar-refractivity contribution is 7.94. The summed E-state index contributed by atoms with van der Waals surface area (Å²) >= 11 is 0. The lowest BCUT2D eigenvalue weighted by Gasteiger charge is -2.36. The maximum Gasteiger partial charge on any atom is 0.255 e. The van der Waals surface area contributed by atoms with E-state index >= 15 is 0 Å². The third-order valence-electron chi connectivity index (χ3n) is 3.41. The van der Waals surface area contributed by atoms with Gasteiger partial charge in [-0.3, -0.25) is 9.69 Å². The lowest BCUT2D eigenvalue weighted by molar-refractivity contribution is -0.132. The molecule has 0 radical (unpaired) electrons. The number of rotatable bonds is 2. The summed E-state index contributed by atoms with van der Waals surface area (Å²) in [6, 6.07) is -0.197. The van der Waals surface area contributed by atoms with Gasteiger partial charge in [0.15, 0.2) is 15.5 Å². The van der Waals surface area contributed by atoms with Crippen LogP contribution in [0.3, 0.4) is 0 Å². The molecule has 1 amide bonds. The quantitative estimate of drug-likeness (QED) is 0.733. The Morgan fingerprint density at radius 1 is 1.41 bits per heavy atom. The molecule has 96 valence electrons. The van der Waals surface area contributed by atoms with Gasteiger partial charge < -0.3 is 5.73 Å². The number of carbonyl (C=O) groups excluding carboxylic acids is 1. The lowest BCUT2D eigenvalue weighted by Crippen LogP contribution is -2.52. The lowest BCUT2D eigenvalue weighted by atomic mass is 9.92. The predicted molar refractivity (Wildman–Crippen MR) is 60.6 cm³/mol. The number of hydrogen-bond acceptors (Lipinski definition) is 4. The zero-order valence-electron chi connectivity index (χ0n) is 9.30. The molecule has 1 atom stereocenters. The number of likely N-dealkylation sites (tertiary alicyclic amines) is 1. The Kier molecular flexibility index (Phi) is 2.99. The Bertz CT molecular complexity index is 452. The fraction of sp³-hybridized carbons (Fsp3) is 0.700. The number of alkyl halides is 1. The van der Waals surface area contributed by atoms with Crippen LogP contribution in [0.5, 0.6) is 0 Å². The van der Waals surface area contributed by atoms with E-state index in [9.17, 15) is 17.6 Å². The van der Waals surface area contributed by atoms with Gasteiger partial charge >= 0.3 is 0 Å². The summed E-state index contributed by atoms with van der Waals surface area (Å²) in [6.07, 6.45) is 1.68. The average Bonchev–Trinajstić information content (AvgIpc) is 2.60.